The zero-order chi connectivity index (χ0) is 23.7. The predicted octanol–water partition coefficient (Wildman–Crippen LogP) is 3.69. The van der Waals surface area contributed by atoms with Crippen molar-refractivity contribution in [2.75, 3.05) is 29.9 Å². The molecule has 2 N–H and O–H groups in total. The summed E-state index contributed by atoms with van der Waals surface area (Å²) < 4.78 is 27.9. The molecular formula is C25H24N6O2S. The van der Waals surface area contributed by atoms with E-state index in [1.807, 2.05) is 18.2 Å². The zero-order valence-electron chi connectivity index (χ0n) is 18.6. The van der Waals surface area contributed by atoms with E-state index in [0.717, 1.165) is 25.3 Å². The summed E-state index contributed by atoms with van der Waals surface area (Å²) in [6.45, 7) is 5.08. The van der Waals surface area contributed by atoms with E-state index in [-0.39, 0.29) is 10.5 Å². The van der Waals surface area contributed by atoms with E-state index < -0.39 is 10.0 Å². The highest BCUT2D eigenvalue weighted by Crippen LogP contribution is 2.27. The Hall–Kier alpha value is -3.87. The van der Waals surface area contributed by atoms with Crippen LogP contribution in [0, 0.1) is 11.3 Å². The fraction of sp³-hybridized carbons (Fsp3) is 0.200. The molecule has 4 aromatic rings. The molecule has 9 heteroatoms. The molecule has 1 atom stereocenters. The Morgan fingerprint density at radius 3 is 2.71 bits per heavy atom. The van der Waals surface area contributed by atoms with Gasteiger partial charge in [-0.3, -0.25) is 0 Å². The molecule has 2 aromatic heterocycles. The highest BCUT2D eigenvalue weighted by Gasteiger charge is 2.22. The highest BCUT2D eigenvalue weighted by atomic mass is 32.2. The van der Waals surface area contributed by atoms with E-state index in [9.17, 15) is 13.7 Å². The predicted molar refractivity (Wildman–Crippen MR) is 133 cm³/mol. The average molecular weight is 473 g/mol. The molecule has 0 aliphatic carbocycles. The number of pyridine rings is 1. The Kier molecular flexibility index (Phi) is 5.69. The number of rotatable bonds is 5. The van der Waals surface area contributed by atoms with Gasteiger partial charge in [-0.2, -0.15) is 5.26 Å². The Labute approximate surface area is 198 Å². The number of hydrogen-bond donors (Lipinski definition) is 2. The van der Waals surface area contributed by atoms with Crippen molar-refractivity contribution in [2.45, 2.75) is 17.9 Å². The van der Waals surface area contributed by atoms with Gasteiger partial charge in [-0.05, 0) is 49.4 Å². The zero-order valence-corrected chi connectivity index (χ0v) is 19.5. The van der Waals surface area contributed by atoms with Crippen molar-refractivity contribution in [1.82, 2.24) is 14.3 Å². The average Bonchev–Trinajstić information content (AvgIpc) is 3.29. The van der Waals surface area contributed by atoms with Gasteiger partial charge in [-0.15, -0.1) is 0 Å². The summed E-state index contributed by atoms with van der Waals surface area (Å²) in [6, 6.07) is 20.1. The summed E-state index contributed by atoms with van der Waals surface area (Å²) in [4.78, 5) is 6.76. The second kappa shape index (κ2) is 8.82. The Balaban J connectivity index is 1.43. The molecule has 0 amide bonds. The van der Waals surface area contributed by atoms with Gasteiger partial charge in [0.05, 0.1) is 11.1 Å². The van der Waals surface area contributed by atoms with Gasteiger partial charge in [-0.1, -0.05) is 12.1 Å². The molecule has 0 saturated carbocycles. The van der Waals surface area contributed by atoms with E-state index in [1.54, 1.807) is 30.5 Å². The molecule has 0 unspecified atom stereocenters. The third kappa shape index (κ3) is 4.09. The van der Waals surface area contributed by atoms with Crippen LogP contribution in [0.1, 0.15) is 12.5 Å². The summed E-state index contributed by atoms with van der Waals surface area (Å²) in [6.07, 6.45) is 3.12. The summed E-state index contributed by atoms with van der Waals surface area (Å²) in [5.74, 6) is 0.528. The van der Waals surface area contributed by atoms with Gasteiger partial charge in [0, 0.05) is 60.9 Å². The minimum absolute atomic E-state index is 0.0286. The first kappa shape index (κ1) is 21.9. The van der Waals surface area contributed by atoms with Gasteiger partial charge in [0.25, 0.3) is 10.0 Å². The summed E-state index contributed by atoms with van der Waals surface area (Å²) >= 11 is 0. The van der Waals surface area contributed by atoms with Crippen LogP contribution in [-0.2, 0) is 10.0 Å². The lowest BCUT2D eigenvalue weighted by atomic mass is 10.2. The number of aromatic nitrogens is 2. The normalized spacial score (nSPS) is 16.4. The number of nitriles is 1. The number of hydrogen-bond acceptors (Lipinski definition) is 7. The minimum Gasteiger partial charge on any atom is -0.369 e. The molecular weight excluding hydrogens is 448 g/mol. The first-order valence-corrected chi connectivity index (χ1v) is 12.5. The van der Waals surface area contributed by atoms with Gasteiger partial charge in [0.15, 0.2) is 0 Å². The number of benzene rings is 2. The molecule has 1 aliphatic rings. The van der Waals surface area contributed by atoms with Gasteiger partial charge in [0.2, 0.25) is 0 Å². The second-order valence-electron chi connectivity index (χ2n) is 8.33. The summed E-state index contributed by atoms with van der Waals surface area (Å²) in [7, 11) is -3.95. The molecule has 1 saturated heterocycles. The third-order valence-corrected chi connectivity index (χ3v) is 7.70. The van der Waals surface area contributed by atoms with Crippen molar-refractivity contribution >= 4 is 38.1 Å². The lowest BCUT2D eigenvalue weighted by Crippen LogP contribution is -2.49. The molecule has 0 bridgehead atoms. The number of nitrogens with zero attached hydrogens (tertiary/aromatic N) is 4. The van der Waals surface area contributed by atoms with Crippen molar-refractivity contribution < 1.29 is 8.42 Å². The van der Waals surface area contributed by atoms with Crippen LogP contribution in [0.15, 0.2) is 78.0 Å². The first-order valence-electron chi connectivity index (χ1n) is 11.0. The fourth-order valence-electron chi connectivity index (χ4n) is 4.24. The van der Waals surface area contributed by atoms with Crippen LogP contribution in [-0.4, -0.2) is 43.1 Å². The van der Waals surface area contributed by atoms with Crippen LogP contribution in [0.4, 0.5) is 17.2 Å². The van der Waals surface area contributed by atoms with Crippen molar-refractivity contribution in [3.63, 3.8) is 0 Å². The molecule has 0 spiro atoms. The fourth-order valence-corrected chi connectivity index (χ4v) is 5.73. The van der Waals surface area contributed by atoms with Crippen molar-refractivity contribution in [2.24, 2.45) is 0 Å². The van der Waals surface area contributed by atoms with Gasteiger partial charge < -0.3 is 15.5 Å². The Morgan fingerprint density at radius 1 is 1.15 bits per heavy atom. The monoisotopic (exact) mass is 472 g/mol. The van der Waals surface area contributed by atoms with E-state index in [4.69, 9.17) is 0 Å². The van der Waals surface area contributed by atoms with Crippen molar-refractivity contribution in [1.29, 1.82) is 5.26 Å². The number of fused-ring (bicyclic) bond motifs is 1. The molecule has 3 heterocycles. The Bertz CT molecular complexity index is 1490. The van der Waals surface area contributed by atoms with Crippen LogP contribution in [0.25, 0.3) is 10.9 Å². The molecule has 0 radical (unpaired) electrons. The van der Waals surface area contributed by atoms with E-state index >= 15 is 0 Å². The lowest BCUT2D eigenvalue weighted by Gasteiger charge is -2.33. The van der Waals surface area contributed by atoms with Gasteiger partial charge in [0.1, 0.15) is 16.8 Å². The molecule has 5 rings (SSSR count). The number of nitrogens with one attached hydrogen (secondary N) is 2. The summed E-state index contributed by atoms with van der Waals surface area (Å²) in [5.41, 5.74) is 2.61. The minimum atomic E-state index is -3.95. The molecule has 34 heavy (non-hydrogen) atoms. The van der Waals surface area contributed by atoms with Crippen molar-refractivity contribution in [3.8, 4) is 6.07 Å². The smallest absolute Gasteiger partial charge is 0.269 e. The lowest BCUT2D eigenvalue weighted by molar-refractivity contribution is 0.485. The van der Waals surface area contributed by atoms with Crippen LogP contribution in [0.2, 0.25) is 0 Å². The SMILES string of the molecule is C[C@H]1CN(c2ccc(Nc3cc4c(ccn4S(=O)(=O)c4ccccc4C#N)cn3)cc2)CCN1. The molecule has 2 aromatic carbocycles. The molecule has 8 nitrogen and oxygen atoms in total. The topological polar surface area (TPSA) is 103 Å². The van der Waals surface area contributed by atoms with E-state index in [0.29, 0.717) is 22.8 Å². The first-order chi connectivity index (χ1) is 16.5. The van der Waals surface area contributed by atoms with Gasteiger partial charge in [-0.25, -0.2) is 17.4 Å². The van der Waals surface area contributed by atoms with E-state index in [2.05, 4.69) is 39.6 Å². The standard InChI is InChI=1S/C25H24N6O2S/c1-18-17-30(13-11-27-18)22-8-6-21(7-9-22)29-25-14-23-20(16-28-25)10-12-31(23)34(32,33)24-5-3-2-4-19(24)15-26/h2-10,12,14,16,18,27H,11,13,17H2,1H3,(H,28,29)/t18-/m0/s1. The van der Waals surface area contributed by atoms with E-state index in [1.165, 1.54) is 28.0 Å². The maximum atomic E-state index is 13.3. The van der Waals surface area contributed by atoms with Crippen molar-refractivity contribution in [3.05, 3.63) is 78.6 Å². The Morgan fingerprint density at radius 2 is 1.94 bits per heavy atom. The summed E-state index contributed by atoms with van der Waals surface area (Å²) in [5, 5.41) is 16.8. The quantitative estimate of drug-likeness (QED) is 0.457. The third-order valence-electron chi connectivity index (χ3n) is 5.96. The maximum Gasteiger partial charge on any atom is 0.269 e. The molecule has 172 valence electrons. The number of piperazine rings is 1. The second-order valence-corrected chi connectivity index (χ2v) is 10.1. The van der Waals surface area contributed by atoms with Gasteiger partial charge >= 0.3 is 0 Å². The number of anilines is 3. The van der Waals surface area contributed by atoms with Crippen LogP contribution < -0.4 is 15.5 Å². The van der Waals surface area contributed by atoms with Crippen LogP contribution >= 0.6 is 0 Å². The molecule has 1 fully saturated rings. The highest BCUT2D eigenvalue weighted by molar-refractivity contribution is 7.90. The molecule has 1 aliphatic heterocycles. The van der Waals surface area contributed by atoms with Crippen LogP contribution in [0.3, 0.4) is 0 Å². The maximum absolute atomic E-state index is 13.3. The van der Waals surface area contributed by atoms with Crippen LogP contribution in [0.5, 0.6) is 0 Å². The largest absolute Gasteiger partial charge is 0.369 e.